The topological polar surface area (TPSA) is 51.4 Å². The van der Waals surface area contributed by atoms with Crippen LogP contribution in [0, 0.1) is 5.41 Å². The monoisotopic (exact) mass is 309 g/mol. The fourth-order valence-electron chi connectivity index (χ4n) is 3.44. The van der Waals surface area contributed by atoms with E-state index in [1.54, 1.807) is 11.3 Å². The molecule has 118 valence electrons. The normalized spacial score (nSPS) is 29.6. The predicted molar refractivity (Wildman–Crippen MR) is 86.5 cm³/mol. The summed E-state index contributed by atoms with van der Waals surface area (Å²) in [7, 11) is 0. The number of hydrogen-bond acceptors (Lipinski definition) is 5. The number of thiazole rings is 1. The zero-order valence-corrected chi connectivity index (χ0v) is 14.4. The lowest BCUT2D eigenvalue weighted by Crippen LogP contribution is -2.42. The van der Waals surface area contributed by atoms with Crippen LogP contribution in [-0.4, -0.2) is 35.6 Å². The molecule has 0 radical (unpaired) electrons. The summed E-state index contributed by atoms with van der Waals surface area (Å²) in [6.07, 6.45) is 2.20. The van der Waals surface area contributed by atoms with Crippen LogP contribution in [0.1, 0.15) is 61.8 Å². The summed E-state index contributed by atoms with van der Waals surface area (Å²) in [4.78, 5) is 8.66. The van der Waals surface area contributed by atoms with Crippen molar-refractivity contribution >= 4 is 11.3 Å². The van der Waals surface area contributed by atoms with Crippen molar-refractivity contribution in [2.24, 2.45) is 11.1 Å². The fourth-order valence-corrected chi connectivity index (χ4v) is 4.56. The Morgan fingerprint density at radius 1 is 1.43 bits per heavy atom. The van der Waals surface area contributed by atoms with E-state index in [9.17, 15) is 0 Å². The van der Waals surface area contributed by atoms with Crippen LogP contribution in [0.2, 0.25) is 0 Å². The molecule has 1 saturated heterocycles. The maximum atomic E-state index is 6.36. The predicted octanol–water partition coefficient (Wildman–Crippen LogP) is 2.90. The number of fused-ring (bicyclic) bond motifs is 1. The largest absolute Gasteiger partial charge is 0.368 e. The van der Waals surface area contributed by atoms with Gasteiger partial charge in [0.1, 0.15) is 11.1 Å². The van der Waals surface area contributed by atoms with E-state index in [1.165, 1.54) is 10.6 Å². The van der Waals surface area contributed by atoms with Crippen molar-refractivity contribution in [3.63, 3.8) is 0 Å². The van der Waals surface area contributed by atoms with Crippen LogP contribution in [0.3, 0.4) is 0 Å². The van der Waals surface area contributed by atoms with Gasteiger partial charge in [-0.25, -0.2) is 4.98 Å². The Labute approximate surface area is 131 Å². The van der Waals surface area contributed by atoms with E-state index < -0.39 is 0 Å². The molecule has 4 nitrogen and oxygen atoms in total. The lowest BCUT2D eigenvalue weighted by Gasteiger charge is -2.34. The van der Waals surface area contributed by atoms with Crippen molar-refractivity contribution in [3.8, 4) is 0 Å². The van der Waals surface area contributed by atoms with E-state index >= 15 is 0 Å². The average Bonchev–Trinajstić information content (AvgIpc) is 2.81. The van der Waals surface area contributed by atoms with Crippen molar-refractivity contribution in [3.05, 3.63) is 15.6 Å². The van der Waals surface area contributed by atoms with Crippen LogP contribution in [0.15, 0.2) is 0 Å². The number of ether oxygens (including phenoxy) is 1. The number of nitrogens with two attached hydrogens (primary N) is 1. The minimum Gasteiger partial charge on any atom is -0.368 e. The highest BCUT2D eigenvalue weighted by molar-refractivity contribution is 7.11. The molecular weight excluding hydrogens is 282 g/mol. The smallest absolute Gasteiger partial charge is 0.123 e. The van der Waals surface area contributed by atoms with E-state index in [0.717, 1.165) is 37.5 Å². The summed E-state index contributed by atoms with van der Waals surface area (Å²) in [5.41, 5.74) is 7.83. The molecule has 2 heterocycles. The van der Waals surface area contributed by atoms with Gasteiger partial charge in [0.05, 0.1) is 12.3 Å². The molecule has 1 aliphatic heterocycles. The third kappa shape index (κ3) is 3.16. The summed E-state index contributed by atoms with van der Waals surface area (Å²) in [6.45, 7) is 11.8. The molecule has 0 bridgehead atoms. The number of hydrogen-bond donors (Lipinski definition) is 1. The number of nitrogens with zero attached hydrogens (tertiary/aromatic N) is 2. The number of morpholine rings is 1. The quantitative estimate of drug-likeness (QED) is 0.912. The van der Waals surface area contributed by atoms with Crippen LogP contribution < -0.4 is 5.73 Å². The highest BCUT2D eigenvalue weighted by Gasteiger charge is 2.35. The molecule has 0 amide bonds. The Kier molecular flexibility index (Phi) is 4.12. The molecule has 3 rings (SSSR count). The molecule has 2 atom stereocenters. The fraction of sp³-hybridized carbons (Fsp3) is 0.812. The Morgan fingerprint density at radius 3 is 2.90 bits per heavy atom. The zero-order valence-electron chi connectivity index (χ0n) is 13.6. The first-order chi connectivity index (χ1) is 9.85. The molecule has 2 aliphatic rings. The highest BCUT2D eigenvalue weighted by atomic mass is 32.1. The van der Waals surface area contributed by atoms with Crippen LogP contribution in [0.5, 0.6) is 0 Å². The van der Waals surface area contributed by atoms with Gasteiger partial charge in [0.2, 0.25) is 0 Å². The van der Waals surface area contributed by atoms with Gasteiger partial charge in [-0.2, -0.15) is 0 Å². The molecule has 21 heavy (non-hydrogen) atoms. The summed E-state index contributed by atoms with van der Waals surface area (Å²) in [5.74, 6) is 0. The van der Waals surface area contributed by atoms with Crippen molar-refractivity contribution < 1.29 is 4.74 Å². The van der Waals surface area contributed by atoms with Gasteiger partial charge < -0.3 is 10.5 Å². The van der Waals surface area contributed by atoms with Crippen LogP contribution in [0.25, 0.3) is 0 Å². The first-order valence-corrected chi connectivity index (χ1v) is 8.78. The zero-order chi connectivity index (χ0) is 15.2. The Balaban J connectivity index is 1.81. The molecule has 1 aliphatic carbocycles. The van der Waals surface area contributed by atoms with Crippen LogP contribution in [-0.2, 0) is 11.2 Å². The van der Waals surface area contributed by atoms with Gasteiger partial charge >= 0.3 is 0 Å². The Bertz CT molecular complexity index is 512. The lowest BCUT2D eigenvalue weighted by molar-refractivity contribution is -0.0403. The molecule has 0 saturated carbocycles. The number of rotatable bonds is 2. The first kappa shape index (κ1) is 15.4. The third-order valence-corrected chi connectivity index (χ3v) is 5.92. The summed E-state index contributed by atoms with van der Waals surface area (Å²) >= 11 is 1.78. The molecule has 2 unspecified atom stereocenters. The molecule has 2 N–H and O–H groups in total. The second kappa shape index (κ2) is 5.61. The van der Waals surface area contributed by atoms with Gasteiger partial charge in [-0.3, -0.25) is 4.90 Å². The van der Waals surface area contributed by atoms with E-state index in [4.69, 9.17) is 15.5 Å². The van der Waals surface area contributed by atoms with Gasteiger partial charge in [0.15, 0.2) is 0 Å². The SMILES string of the molecule is CC(C)N1CCOC(c2nc3c(s2)C(N)CC(C)(C)C3)C1. The minimum atomic E-state index is 0.118. The molecule has 0 aromatic carbocycles. The average molecular weight is 309 g/mol. The summed E-state index contributed by atoms with van der Waals surface area (Å²) in [6, 6.07) is 0.701. The van der Waals surface area contributed by atoms with E-state index in [-0.39, 0.29) is 17.6 Å². The van der Waals surface area contributed by atoms with Gasteiger partial charge in [0.25, 0.3) is 0 Å². The Morgan fingerprint density at radius 2 is 2.19 bits per heavy atom. The molecule has 1 aromatic rings. The highest BCUT2D eigenvalue weighted by Crippen LogP contribution is 2.43. The maximum Gasteiger partial charge on any atom is 0.123 e. The van der Waals surface area contributed by atoms with E-state index in [0.29, 0.717) is 6.04 Å². The molecule has 1 aromatic heterocycles. The van der Waals surface area contributed by atoms with Crippen molar-refractivity contribution in [2.75, 3.05) is 19.7 Å². The number of aromatic nitrogens is 1. The van der Waals surface area contributed by atoms with Crippen molar-refractivity contribution in [2.45, 2.75) is 58.7 Å². The summed E-state index contributed by atoms with van der Waals surface area (Å²) < 4.78 is 5.97. The molecule has 0 spiro atoms. The van der Waals surface area contributed by atoms with Gasteiger partial charge in [-0.15, -0.1) is 11.3 Å². The first-order valence-electron chi connectivity index (χ1n) is 7.96. The van der Waals surface area contributed by atoms with Gasteiger partial charge in [-0.1, -0.05) is 13.8 Å². The maximum absolute atomic E-state index is 6.36. The molecular formula is C16H27N3OS. The minimum absolute atomic E-state index is 0.118. The molecule has 1 fully saturated rings. The van der Waals surface area contributed by atoms with Crippen molar-refractivity contribution in [1.29, 1.82) is 0 Å². The van der Waals surface area contributed by atoms with Crippen molar-refractivity contribution in [1.82, 2.24) is 9.88 Å². The standard InChI is InChI=1S/C16H27N3OS/c1-10(2)19-5-6-20-13(9-19)15-18-12-8-16(3,4)7-11(17)14(12)21-15/h10-11,13H,5-9,17H2,1-4H3. The van der Waals surface area contributed by atoms with Crippen LogP contribution >= 0.6 is 11.3 Å². The van der Waals surface area contributed by atoms with Gasteiger partial charge in [0, 0.05) is 30.1 Å². The molecule has 5 heteroatoms. The Hall–Kier alpha value is -0.490. The third-order valence-electron chi connectivity index (χ3n) is 4.60. The van der Waals surface area contributed by atoms with Crippen LogP contribution in [0.4, 0.5) is 0 Å². The van der Waals surface area contributed by atoms with Gasteiger partial charge in [-0.05, 0) is 32.1 Å². The van der Waals surface area contributed by atoms with E-state index in [1.807, 2.05) is 0 Å². The summed E-state index contributed by atoms with van der Waals surface area (Å²) in [5, 5.41) is 1.12. The second-order valence-electron chi connectivity index (χ2n) is 7.46. The lowest BCUT2D eigenvalue weighted by atomic mass is 9.77. The second-order valence-corrected chi connectivity index (χ2v) is 8.52. The van der Waals surface area contributed by atoms with E-state index in [2.05, 4.69) is 32.6 Å².